The van der Waals surface area contributed by atoms with Crippen LogP contribution in [-0.4, -0.2) is 36.5 Å². The lowest BCUT2D eigenvalue weighted by Gasteiger charge is -2.30. The molecule has 0 amide bonds. The number of rotatable bonds is 9. The van der Waals surface area contributed by atoms with Gasteiger partial charge in [0.1, 0.15) is 12.7 Å². The van der Waals surface area contributed by atoms with Crippen LogP contribution in [0, 0.1) is 0 Å². The molecule has 2 aromatic rings. The fourth-order valence-electron chi connectivity index (χ4n) is 2.14. The Morgan fingerprint density at radius 3 is 2.24 bits per heavy atom. The first-order valence-electron chi connectivity index (χ1n) is 7.46. The highest BCUT2D eigenvalue weighted by atomic mass is 28.4. The molecule has 0 unspecified atom stereocenters. The Morgan fingerprint density at radius 2 is 1.71 bits per heavy atom. The molecule has 6 heteroatoms. The average Bonchev–Trinajstić information content (AvgIpc) is 3.04. The molecular weight excluding hydrogens is 282 g/mol. The first-order valence-corrected chi connectivity index (χ1v) is 9.49. The minimum Gasteiger partial charge on any atom is -0.390 e. The summed E-state index contributed by atoms with van der Waals surface area (Å²) < 4.78 is 14.3. The molecular formula is C15H23N3O2Si. The van der Waals surface area contributed by atoms with Crippen molar-refractivity contribution < 1.29 is 8.85 Å². The molecule has 5 nitrogen and oxygen atoms in total. The van der Waals surface area contributed by atoms with Crippen LogP contribution in [-0.2, 0) is 15.0 Å². The second kappa shape index (κ2) is 8.07. The molecule has 21 heavy (non-hydrogen) atoms. The van der Waals surface area contributed by atoms with Crippen LogP contribution in [0.4, 0.5) is 0 Å². The van der Waals surface area contributed by atoms with E-state index in [1.807, 2.05) is 22.9 Å². The van der Waals surface area contributed by atoms with E-state index >= 15 is 0 Å². The third kappa shape index (κ3) is 4.23. The zero-order chi connectivity index (χ0) is 15.0. The molecule has 0 saturated carbocycles. The molecule has 0 aliphatic heterocycles. The van der Waals surface area contributed by atoms with Crippen LogP contribution in [0.2, 0.25) is 0 Å². The van der Waals surface area contributed by atoms with Crippen molar-refractivity contribution in [2.75, 3.05) is 13.2 Å². The Kier molecular flexibility index (Phi) is 6.10. The highest BCUT2D eigenvalue weighted by Crippen LogP contribution is 2.13. The molecule has 0 fully saturated rings. The summed E-state index contributed by atoms with van der Waals surface area (Å²) in [6.45, 7) is 5.61. The van der Waals surface area contributed by atoms with Gasteiger partial charge in [0.25, 0.3) is 0 Å². The first-order chi connectivity index (χ1) is 10.3. The van der Waals surface area contributed by atoms with E-state index in [0.717, 1.165) is 18.0 Å². The van der Waals surface area contributed by atoms with E-state index in [0.29, 0.717) is 19.4 Å². The van der Waals surface area contributed by atoms with Crippen LogP contribution >= 0.6 is 0 Å². The zero-order valence-electron chi connectivity index (χ0n) is 12.7. The minimum atomic E-state index is -2.56. The van der Waals surface area contributed by atoms with Crippen LogP contribution < -0.4 is 5.19 Å². The highest BCUT2D eigenvalue weighted by Gasteiger charge is 2.41. The van der Waals surface area contributed by atoms with Gasteiger partial charge in [-0.1, -0.05) is 44.2 Å². The summed E-state index contributed by atoms with van der Waals surface area (Å²) in [7, 11) is -2.56. The van der Waals surface area contributed by atoms with Crippen molar-refractivity contribution in [1.82, 2.24) is 14.8 Å². The van der Waals surface area contributed by atoms with E-state index < -0.39 is 8.56 Å². The molecule has 0 spiro atoms. The molecule has 114 valence electrons. The van der Waals surface area contributed by atoms with Gasteiger partial charge in [-0.3, -0.25) is 4.68 Å². The van der Waals surface area contributed by atoms with Crippen molar-refractivity contribution in [2.45, 2.75) is 32.9 Å². The molecule has 1 heterocycles. The lowest BCUT2D eigenvalue weighted by Crippen LogP contribution is -2.58. The third-order valence-electron chi connectivity index (χ3n) is 3.13. The van der Waals surface area contributed by atoms with Crippen molar-refractivity contribution in [2.24, 2.45) is 0 Å². The molecule has 0 radical (unpaired) electrons. The maximum atomic E-state index is 6.27. The lowest BCUT2D eigenvalue weighted by molar-refractivity contribution is 0.172. The number of nitrogens with zero attached hydrogens (tertiary/aromatic N) is 3. The Balaban J connectivity index is 2.32. The molecule has 0 saturated heterocycles. The second-order valence-electron chi connectivity index (χ2n) is 4.91. The summed E-state index contributed by atoms with van der Waals surface area (Å²) in [6.07, 6.45) is 5.82. The first kappa shape index (κ1) is 15.9. The predicted molar refractivity (Wildman–Crippen MR) is 84.3 cm³/mol. The molecule has 0 aliphatic rings. The van der Waals surface area contributed by atoms with Crippen LogP contribution in [0.3, 0.4) is 0 Å². The predicted octanol–water partition coefficient (Wildman–Crippen LogP) is 2.02. The van der Waals surface area contributed by atoms with Gasteiger partial charge in [-0.15, -0.1) is 0 Å². The average molecular weight is 305 g/mol. The van der Waals surface area contributed by atoms with Gasteiger partial charge in [-0.05, 0) is 18.0 Å². The molecule has 1 aromatic heterocycles. The molecule has 0 bridgehead atoms. The van der Waals surface area contributed by atoms with Gasteiger partial charge in [-0.2, -0.15) is 5.10 Å². The van der Waals surface area contributed by atoms with E-state index in [-0.39, 0.29) is 0 Å². The summed E-state index contributed by atoms with van der Waals surface area (Å²) >= 11 is 0. The summed E-state index contributed by atoms with van der Waals surface area (Å²) in [5.74, 6) is 0. The smallest absolute Gasteiger partial charge is 0.390 e. The van der Waals surface area contributed by atoms with Gasteiger partial charge in [0.05, 0.1) is 6.17 Å². The maximum absolute atomic E-state index is 6.27. The van der Waals surface area contributed by atoms with E-state index in [2.05, 4.69) is 36.1 Å². The monoisotopic (exact) mass is 305 g/mol. The van der Waals surface area contributed by atoms with Gasteiger partial charge in [0.15, 0.2) is 0 Å². The summed E-state index contributed by atoms with van der Waals surface area (Å²) in [4.78, 5) is 4.02. The number of hydrogen-bond acceptors (Lipinski definition) is 4. The number of benzene rings is 1. The van der Waals surface area contributed by atoms with Gasteiger partial charge in [0.2, 0.25) is 0 Å². The maximum Gasteiger partial charge on any atom is 0.394 e. The highest BCUT2D eigenvalue weighted by molar-refractivity contribution is 6.80. The van der Waals surface area contributed by atoms with Crippen LogP contribution in [0.15, 0.2) is 43.0 Å². The zero-order valence-corrected chi connectivity index (χ0v) is 13.7. The fourth-order valence-corrected chi connectivity index (χ4v) is 5.28. The SMILES string of the molecule is CCCO[Si](Cn1cncn1)(OCCC)c1ccccc1. The summed E-state index contributed by atoms with van der Waals surface area (Å²) in [5.41, 5.74) is 0. The summed E-state index contributed by atoms with van der Waals surface area (Å²) in [5, 5.41) is 5.36. The standard InChI is InChI=1S/C15H23N3O2Si/c1-3-10-19-21(20-11-4-2,14-18-13-16-12-17-18)15-8-6-5-7-9-15/h5-9,12-13H,3-4,10-11,14H2,1-2H3. The van der Waals surface area contributed by atoms with E-state index in [1.165, 1.54) is 0 Å². The third-order valence-corrected chi connectivity index (χ3v) is 6.42. The normalized spacial score (nSPS) is 11.7. The van der Waals surface area contributed by atoms with E-state index in [1.54, 1.807) is 12.7 Å². The molecule has 2 rings (SSSR count). The molecule has 0 atom stereocenters. The number of aromatic nitrogens is 3. The van der Waals surface area contributed by atoms with Gasteiger partial charge < -0.3 is 8.85 Å². The minimum absolute atomic E-state index is 0.622. The largest absolute Gasteiger partial charge is 0.394 e. The molecule has 0 N–H and O–H groups in total. The Bertz CT molecular complexity index is 497. The van der Waals surface area contributed by atoms with Crippen LogP contribution in [0.1, 0.15) is 26.7 Å². The molecule has 1 aromatic carbocycles. The van der Waals surface area contributed by atoms with Gasteiger partial charge in [0, 0.05) is 13.2 Å². The summed E-state index contributed by atoms with van der Waals surface area (Å²) in [6, 6.07) is 10.3. The number of hydrogen-bond donors (Lipinski definition) is 0. The van der Waals surface area contributed by atoms with Crippen LogP contribution in [0.25, 0.3) is 0 Å². The Morgan fingerprint density at radius 1 is 1.05 bits per heavy atom. The topological polar surface area (TPSA) is 49.2 Å². The van der Waals surface area contributed by atoms with Crippen LogP contribution in [0.5, 0.6) is 0 Å². The molecule has 0 aliphatic carbocycles. The van der Waals surface area contributed by atoms with Gasteiger partial charge >= 0.3 is 8.56 Å². The quantitative estimate of drug-likeness (QED) is 0.665. The Hall–Kier alpha value is -1.50. The van der Waals surface area contributed by atoms with Crippen molar-refractivity contribution >= 4 is 13.7 Å². The van der Waals surface area contributed by atoms with E-state index in [9.17, 15) is 0 Å². The van der Waals surface area contributed by atoms with E-state index in [4.69, 9.17) is 8.85 Å². The van der Waals surface area contributed by atoms with Crippen molar-refractivity contribution in [1.29, 1.82) is 0 Å². The van der Waals surface area contributed by atoms with Crippen molar-refractivity contribution in [3.63, 3.8) is 0 Å². The Labute approximate surface area is 127 Å². The van der Waals surface area contributed by atoms with Crippen molar-refractivity contribution in [3.05, 3.63) is 43.0 Å². The fraction of sp³-hybridized carbons (Fsp3) is 0.467. The lowest BCUT2D eigenvalue weighted by atomic mass is 10.4. The second-order valence-corrected chi connectivity index (χ2v) is 7.89. The van der Waals surface area contributed by atoms with Crippen molar-refractivity contribution in [3.8, 4) is 0 Å². The van der Waals surface area contributed by atoms with Gasteiger partial charge in [-0.25, -0.2) is 4.98 Å².